The number of amides is 2. The highest BCUT2D eigenvalue weighted by Crippen LogP contribution is 2.32. The van der Waals surface area contributed by atoms with E-state index in [1.165, 1.54) is 7.11 Å². The smallest absolute Gasteiger partial charge is 0.249 e. The van der Waals surface area contributed by atoms with Crippen LogP contribution >= 0.6 is 0 Å². The molecule has 2 rings (SSSR count). The second kappa shape index (κ2) is 5.25. The van der Waals surface area contributed by atoms with Crippen molar-refractivity contribution in [2.45, 2.75) is 18.5 Å². The van der Waals surface area contributed by atoms with Crippen molar-refractivity contribution < 1.29 is 23.8 Å². The molecule has 1 aliphatic rings. The van der Waals surface area contributed by atoms with E-state index in [4.69, 9.17) is 25.7 Å². The van der Waals surface area contributed by atoms with Gasteiger partial charge in [-0.15, -0.1) is 0 Å². The Bertz CT molecular complexity index is 483. The molecule has 1 aliphatic heterocycles. The van der Waals surface area contributed by atoms with Gasteiger partial charge in [-0.1, -0.05) is 12.1 Å². The molecule has 0 aromatic heterocycles. The molecule has 102 valence electrons. The highest BCUT2D eigenvalue weighted by Gasteiger charge is 2.43. The largest absolute Gasteiger partial charge is 0.497 e. The zero-order valence-electron chi connectivity index (χ0n) is 10.2. The van der Waals surface area contributed by atoms with E-state index in [9.17, 15) is 9.59 Å². The van der Waals surface area contributed by atoms with Crippen molar-refractivity contribution in [1.29, 1.82) is 0 Å². The highest BCUT2D eigenvalue weighted by molar-refractivity contribution is 5.89. The molecular formula is C12H14N2O5. The second-order valence-corrected chi connectivity index (χ2v) is 4.03. The van der Waals surface area contributed by atoms with Gasteiger partial charge in [0.2, 0.25) is 11.8 Å². The van der Waals surface area contributed by atoms with Gasteiger partial charge in [0, 0.05) is 5.56 Å². The van der Waals surface area contributed by atoms with Gasteiger partial charge in [0.1, 0.15) is 5.75 Å². The van der Waals surface area contributed by atoms with Crippen LogP contribution in [0.3, 0.4) is 0 Å². The summed E-state index contributed by atoms with van der Waals surface area (Å²) in [6, 6.07) is 6.87. The first kappa shape index (κ1) is 13.3. The molecule has 0 unspecified atom stereocenters. The third-order valence-corrected chi connectivity index (χ3v) is 2.74. The van der Waals surface area contributed by atoms with E-state index in [0.29, 0.717) is 11.3 Å². The summed E-state index contributed by atoms with van der Waals surface area (Å²) in [6.45, 7) is 0. The second-order valence-electron chi connectivity index (χ2n) is 4.03. The number of carbonyl (C=O) groups excluding carboxylic acids is 2. The maximum Gasteiger partial charge on any atom is 0.249 e. The maximum absolute atomic E-state index is 11.2. The molecule has 0 aliphatic carbocycles. The lowest BCUT2D eigenvalue weighted by atomic mass is 10.2. The first-order valence-corrected chi connectivity index (χ1v) is 5.56. The molecule has 0 saturated carbocycles. The fourth-order valence-electron chi connectivity index (χ4n) is 1.82. The standard InChI is InChI=1S/C12H14N2O5/c1-17-7-4-2-3-6(5-7)12-18-8(10(13)15)9(19-12)11(14)16/h2-5,8-9,12H,1H3,(H2,13,15)(H2,14,16)/t8-,9-/m0/s1. The molecule has 0 radical (unpaired) electrons. The Labute approximate surface area is 109 Å². The van der Waals surface area contributed by atoms with E-state index >= 15 is 0 Å². The zero-order valence-corrected chi connectivity index (χ0v) is 10.2. The van der Waals surface area contributed by atoms with Crippen molar-refractivity contribution in [2.75, 3.05) is 7.11 Å². The van der Waals surface area contributed by atoms with Gasteiger partial charge in [-0.2, -0.15) is 0 Å². The molecule has 7 nitrogen and oxygen atoms in total. The summed E-state index contributed by atoms with van der Waals surface area (Å²) in [5, 5.41) is 0. The first-order chi connectivity index (χ1) is 9.02. The van der Waals surface area contributed by atoms with E-state index < -0.39 is 30.3 Å². The van der Waals surface area contributed by atoms with Crippen LogP contribution in [-0.4, -0.2) is 31.1 Å². The summed E-state index contributed by atoms with van der Waals surface area (Å²) in [6.07, 6.45) is -3.26. The number of nitrogens with two attached hydrogens (primary N) is 2. The maximum atomic E-state index is 11.2. The average Bonchev–Trinajstić information content (AvgIpc) is 2.84. The summed E-state index contributed by atoms with van der Waals surface area (Å²) >= 11 is 0. The average molecular weight is 266 g/mol. The summed E-state index contributed by atoms with van der Waals surface area (Å²) in [5.74, 6) is -0.994. The molecule has 19 heavy (non-hydrogen) atoms. The van der Waals surface area contributed by atoms with Crippen LogP contribution in [0.2, 0.25) is 0 Å². The van der Waals surface area contributed by atoms with Gasteiger partial charge in [0.15, 0.2) is 18.5 Å². The minimum Gasteiger partial charge on any atom is -0.497 e. The van der Waals surface area contributed by atoms with E-state index in [0.717, 1.165) is 0 Å². The molecule has 1 aromatic carbocycles. The molecular weight excluding hydrogens is 252 g/mol. The van der Waals surface area contributed by atoms with E-state index in [1.807, 2.05) is 0 Å². The van der Waals surface area contributed by atoms with Gasteiger partial charge < -0.3 is 25.7 Å². The van der Waals surface area contributed by atoms with Gasteiger partial charge in [0.05, 0.1) is 7.11 Å². The van der Waals surface area contributed by atoms with Gasteiger partial charge in [-0.05, 0) is 12.1 Å². The Morgan fingerprint density at radius 2 is 1.74 bits per heavy atom. The van der Waals surface area contributed by atoms with Gasteiger partial charge in [0.25, 0.3) is 0 Å². The van der Waals surface area contributed by atoms with Crippen molar-refractivity contribution in [2.24, 2.45) is 11.5 Å². The third-order valence-electron chi connectivity index (χ3n) is 2.74. The van der Waals surface area contributed by atoms with Crippen LogP contribution in [0.4, 0.5) is 0 Å². The fraction of sp³-hybridized carbons (Fsp3) is 0.333. The van der Waals surface area contributed by atoms with Gasteiger partial charge in [-0.3, -0.25) is 9.59 Å². The van der Waals surface area contributed by atoms with E-state index in [1.54, 1.807) is 24.3 Å². The van der Waals surface area contributed by atoms with Crippen LogP contribution in [0, 0.1) is 0 Å². The van der Waals surface area contributed by atoms with E-state index in [-0.39, 0.29) is 0 Å². The van der Waals surface area contributed by atoms with E-state index in [2.05, 4.69) is 0 Å². The fourth-order valence-corrected chi connectivity index (χ4v) is 1.82. The van der Waals surface area contributed by atoms with Crippen molar-refractivity contribution in [1.82, 2.24) is 0 Å². The number of benzene rings is 1. The Balaban J connectivity index is 2.23. The number of ether oxygens (including phenoxy) is 3. The lowest BCUT2D eigenvalue weighted by Gasteiger charge is -2.11. The Morgan fingerprint density at radius 1 is 1.16 bits per heavy atom. The Morgan fingerprint density at radius 3 is 2.21 bits per heavy atom. The monoisotopic (exact) mass is 266 g/mol. The molecule has 1 aromatic rings. The first-order valence-electron chi connectivity index (χ1n) is 5.56. The van der Waals surface area contributed by atoms with Crippen LogP contribution in [0.25, 0.3) is 0 Å². The van der Waals surface area contributed by atoms with Crippen molar-refractivity contribution in [3.63, 3.8) is 0 Å². The van der Waals surface area contributed by atoms with Gasteiger partial charge in [-0.25, -0.2) is 0 Å². The van der Waals surface area contributed by atoms with Crippen LogP contribution in [-0.2, 0) is 19.1 Å². The zero-order chi connectivity index (χ0) is 14.0. The van der Waals surface area contributed by atoms with Crippen molar-refractivity contribution in [3.05, 3.63) is 29.8 Å². The summed E-state index contributed by atoms with van der Waals surface area (Å²) < 4.78 is 15.7. The van der Waals surface area contributed by atoms with Crippen LogP contribution in [0.15, 0.2) is 24.3 Å². The predicted molar refractivity (Wildman–Crippen MR) is 63.9 cm³/mol. The molecule has 7 heteroatoms. The molecule has 0 spiro atoms. The molecule has 2 atom stereocenters. The van der Waals surface area contributed by atoms with Crippen LogP contribution in [0.5, 0.6) is 5.75 Å². The van der Waals surface area contributed by atoms with Gasteiger partial charge >= 0.3 is 0 Å². The predicted octanol–water partition coefficient (Wildman–Crippen LogP) is -0.552. The number of primary amides is 2. The molecule has 2 amide bonds. The number of rotatable bonds is 4. The lowest BCUT2D eigenvalue weighted by molar-refractivity contribution is -0.133. The Kier molecular flexibility index (Phi) is 3.68. The summed E-state index contributed by atoms with van der Waals surface area (Å²) in [5.41, 5.74) is 10.9. The molecule has 0 bridgehead atoms. The lowest BCUT2D eigenvalue weighted by Crippen LogP contribution is -2.44. The number of methoxy groups -OCH3 is 1. The third kappa shape index (κ3) is 2.67. The number of hydrogen-bond donors (Lipinski definition) is 2. The highest BCUT2D eigenvalue weighted by atomic mass is 16.7. The summed E-state index contributed by atoms with van der Waals surface area (Å²) in [4.78, 5) is 22.4. The van der Waals surface area contributed by atoms with Crippen molar-refractivity contribution in [3.8, 4) is 5.75 Å². The summed E-state index contributed by atoms with van der Waals surface area (Å²) in [7, 11) is 1.52. The molecule has 1 fully saturated rings. The molecule has 4 N–H and O–H groups in total. The minimum atomic E-state index is -1.19. The minimum absolute atomic E-state index is 0.600. The molecule has 1 heterocycles. The Hall–Kier alpha value is -2.12. The number of hydrogen-bond acceptors (Lipinski definition) is 5. The van der Waals surface area contributed by atoms with Crippen LogP contribution < -0.4 is 16.2 Å². The van der Waals surface area contributed by atoms with Crippen LogP contribution in [0.1, 0.15) is 11.9 Å². The number of carbonyl (C=O) groups is 2. The topological polar surface area (TPSA) is 114 Å². The van der Waals surface area contributed by atoms with Crippen molar-refractivity contribution >= 4 is 11.8 Å². The molecule has 1 saturated heterocycles. The SMILES string of the molecule is COc1cccc(C2O[C@H](C(N)=O)[C@@H](C(N)=O)O2)c1. The normalized spacial score (nSPS) is 23.2. The quantitative estimate of drug-likeness (QED) is 0.758.